The number of nitriles is 1. The Morgan fingerprint density at radius 1 is 0.897 bits per heavy atom. The van der Waals surface area contributed by atoms with E-state index in [9.17, 15) is 0 Å². The number of benzene rings is 2. The van der Waals surface area contributed by atoms with Crippen molar-refractivity contribution in [3.05, 3.63) is 101 Å². The van der Waals surface area contributed by atoms with Crippen molar-refractivity contribution in [1.82, 2.24) is 19.6 Å². The van der Waals surface area contributed by atoms with Gasteiger partial charge in [-0.15, -0.1) is 0 Å². The summed E-state index contributed by atoms with van der Waals surface area (Å²) >= 11 is 0. The largest absolute Gasteiger partial charge is 0.242 e. The van der Waals surface area contributed by atoms with Crippen LogP contribution in [-0.4, -0.2) is 19.6 Å². The fraction of sp³-hybridized carbons (Fsp3) is 0.130. The first-order valence-corrected chi connectivity index (χ1v) is 9.12. The Morgan fingerprint density at radius 3 is 2.07 bits per heavy atom. The molecule has 0 bridgehead atoms. The van der Waals surface area contributed by atoms with E-state index < -0.39 is 5.41 Å². The summed E-state index contributed by atoms with van der Waals surface area (Å²) in [4.78, 5) is 3.48. The number of hydrogen-bond donors (Lipinski definition) is 0. The Balaban J connectivity index is 1.66. The van der Waals surface area contributed by atoms with E-state index in [2.05, 4.69) is 24.8 Å². The van der Waals surface area contributed by atoms with Gasteiger partial charge in [-0.2, -0.15) is 15.5 Å². The molecule has 29 heavy (non-hydrogen) atoms. The molecular formula is C23H18N6. The van der Waals surface area contributed by atoms with Crippen molar-refractivity contribution in [2.75, 3.05) is 0 Å². The van der Waals surface area contributed by atoms with Crippen molar-refractivity contribution in [2.24, 2.45) is 0 Å². The Morgan fingerprint density at radius 2 is 1.48 bits per heavy atom. The van der Waals surface area contributed by atoms with Gasteiger partial charge in [0.15, 0.2) is 5.69 Å². The van der Waals surface area contributed by atoms with Crippen LogP contribution in [0.2, 0.25) is 0 Å². The van der Waals surface area contributed by atoms with E-state index in [4.69, 9.17) is 22.0 Å². The Hall–Kier alpha value is -4.16. The van der Waals surface area contributed by atoms with Crippen molar-refractivity contribution < 1.29 is 0 Å². The highest BCUT2D eigenvalue weighted by Gasteiger charge is 2.29. The first kappa shape index (κ1) is 18.2. The van der Waals surface area contributed by atoms with Gasteiger partial charge in [0.2, 0.25) is 0 Å². The summed E-state index contributed by atoms with van der Waals surface area (Å²) in [5.41, 5.74) is 4.20. The highest BCUT2D eigenvalue weighted by Crippen LogP contribution is 2.30. The zero-order valence-electron chi connectivity index (χ0n) is 16.1. The molecule has 140 valence electrons. The fourth-order valence-electron chi connectivity index (χ4n) is 3.16. The molecule has 0 saturated heterocycles. The normalized spacial score (nSPS) is 11.0. The quantitative estimate of drug-likeness (QED) is 0.479. The number of nitrogens with zero attached hydrogens (tertiary/aromatic N) is 6. The third-order valence-corrected chi connectivity index (χ3v) is 4.92. The minimum Gasteiger partial charge on any atom is -0.242 e. The van der Waals surface area contributed by atoms with Crippen LogP contribution in [0.5, 0.6) is 0 Å². The summed E-state index contributed by atoms with van der Waals surface area (Å²) in [5, 5.41) is 18.6. The predicted molar refractivity (Wildman–Crippen MR) is 110 cm³/mol. The maximum absolute atomic E-state index is 9.11. The minimum absolute atomic E-state index is 0.416. The molecule has 0 aliphatic carbocycles. The van der Waals surface area contributed by atoms with Crippen molar-refractivity contribution in [3.63, 3.8) is 0 Å². The van der Waals surface area contributed by atoms with E-state index in [-0.39, 0.29) is 0 Å². The zero-order valence-corrected chi connectivity index (χ0v) is 16.1. The van der Waals surface area contributed by atoms with Crippen LogP contribution in [0.4, 0.5) is 5.69 Å². The second kappa shape index (κ2) is 7.10. The highest BCUT2D eigenvalue weighted by molar-refractivity contribution is 5.51. The molecule has 0 aliphatic heterocycles. The van der Waals surface area contributed by atoms with Gasteiger partial charge < -0.3 is 0 Å². The van der Waals surface area contributed by atoms with E-state index in [1.54, 1.807) is 21.5 Å². The lowest BCUT2D eigenvalue weighted by molar-refractivity contribution is 0.576. The standard InChI is InChI=1S/C23H18N6/c1-23(2,21-10-12-28(26-21)19-8-4-6-17(14-19)16-24)22-11-13-29(27-22)20-9-5-7-18(15-20)25-3/h4-15H,1-2H3. The number of hydrogen-bond acceptors (Lipinski definition) is 3. The molecule has 6 heteroatoms. The molecule has 2 aromatic carbocycles. The summed E-state index contributed by atoms with van der Waals surface area (Å²) in [6.07, 6.45) is 3.79. The van der Waals surface area contributed by atoms with Gasteiger partial charge in [0.1, 0.15) is 0 Å². The van der Waals surface area contributed by atoms with Crippen LogP contribution in [0.1, 0.15) is 30.8 Å². The molecule has 0 N–H and O–H groups in total. The molecule has 0 unspecified atom stereocenters. The van der Waals surface area contributed by atoms with E-state index in [0.29, 0.717) is 11.3 Å². The van der Waals surface area contributed by atoms with Gasteiger partial charge in [-0.25, -0.2) is 14.2 Å². The number of aromatic nitrogens is 4. The van der Waals surface area contributed by atoms with E-state index in [1.165, 1.54) is 0 Å². The summed E-state index contributed by atoms with van der Waals surface area (Å²) in [5.74, 6) is 0. The Labute approximate surface area is 169 Å². The molecule has 0 aliphatic rings. The molecule has 0 amide bonds. The minimum atomic E-state index is -0.416. The van der Waals surface area contributed by atoms with Crippen LogP contribution in [0.3, 0.4) is 0 Å². The van der Waals surface area contributed by atoms with Crippen LogP contribution in [0, 0.1) is 17.9 Å². The van der Waals surface area contributed by atoms with Gasteiger partial charge in [-0.3, -0.25) is 0 Å². The van der Waals surface area contributed by atoms with Crippen molar-refractivity contribution in [3.8, 4) is 17.4 Å². The summed E-state index contributed by atoms with van der Waals surface area (Å²) in [6, 6.07) is 20.8. The molecule has 4 rings (SSSR count). The van der Waals surface area contributed by atoms with Crippen LogP contribution in [0.25, 0.3) is 16.2 Å². The second-order valence-electron chi connectivity index (χ2n) is 7.21. The summed E-state index contributed by atoms with van der Waals surface area (Å²) < 4.78 is 3.55. The van der Waals surface area contributed by atoms with E-state index in [1.807, 2.05) is 60.9 Å². The van der Waals surface area contributed by atoms with Gasteiger partial charge in [0.05, 0.1) is 46.4 Å². The van der Waals surface area contributed by atoms with Gasteiger partial charge in [0, 0.05) is 12.4 Å². The molecule has 6 nitrogen and oxygen atoms in total. The molecule has 0 radical (unpaired) electrons. The summed E-state index contributed by atoms with van der Waals surface area (Å²) in [6.45, 7) is 11.3. The Kier molecular flexibility index (Phi) is 4.46. The molecule has 4 aromatic rings. The van der Waals surface area contributed by atoms with Crippen LogP contribution >= 0.6 is 0 Å². The fourth-order valence-corrected chi connectivity index (χ4v) is 3.16. The van der Waals surface area contributed by atoms with Crippen LogP contribution < -0.4 is 0 Å². The van der Waals surface area contributed by atoms with Crippen molar-refractivity contribution in [2.45, 2.75) is 19.3 Å². The molecule has 0 atom stereocenters. The topological polar surface area (TPSA) is 63.8 Å². The van der Waals surface area contributed by atoms with Crippen molar-refractivity contribution in [1.29, 1.82) is 5.26 Å². The maximum Gasteiger partial charge on any atom is 0.189 e. The second-order valence-corrected chi connectivity index (χ2v) is 7.21. The molecule has 0 saturated carbocycles. The lowest BCUT2D eigenvalue weighted by Gasteiger charge is -2.19. The molecule has 0 spiro atoms. The zero-order chi connectivity index (χ0) is 20.4. The lowest BCUT2D eigenvalue weighted by Crippen LogP contribution is -2.21. The van der Waals surface area contributed by atoms with Gasteiger partial charge in [-0.1, -0.05) is 18.2 Å². The summed E-state index contributed by atoms with van der Waals surface area (Å²) in [7, 11) is 0. The monoisotopic (exact) mass is 378 g/mol. The van der Waals surface area contributed by atoms with Gasteiger partial charge >= 0.3 is 0 Å². The predicted octanol–water partition coefficient (Wildman–Crippen LogP) is 4.81. The average Bonchev–Trinajstić information content (AvgIpc) is 3.44. The first-order valence-electron chi connectivity index (χ1n) is 9.12. The molecule has 2 heterocycles. The SMILES string of the molecule is [C-]#[N+]c1cccc(-n2ccc(C(C)(C)c3ccn(-c4cccc(C#N)c4)n3)n2)c1. The molecule has 2 aromatic heterocycles. The van der Waals surface area contributed by atoms with Crippen LogP contribution in [-0.2, 0) is 5.41 Å². The average molecular weight is 378 g/mol. The smallest absolute Gasteiger partial charge is 0.189 e. The van der Waals surface area contributed by atoms with Crippen molar-refractivity contribution >= 4 is 5.69 Å². The lowest BCUT2D eigenvalue weighted by atomic mass is 9.86. The molecular weight excluding hydrogens is 360 g/mol. The van der Waals surface area contributed by atoms with E-state index in [0.717, 1.165) is 22.8 Å². The molecule has 0 fully saturated rings. The van der Waals surface area contributed by atoms with Gasteiger partial charge in [-0.05, 0) is 56.3 Å². The van der Waals surface area contributed by atoms with E-state index >= 15 is 0 Å². The number of rotatable bonds is 4. The third kappa shape index (κ3) is 3.40. The third-order valence-electron chi connectivity index (χ3n) is 4.92. The van der Waals surface area contributed by atoms with Gasteiger partial charge in [0.25, 0.3) is 0 Å². The highest BCUT2D eigenvalue weighted by atomic mass is 15.3. The Bertz CT molecular complexity index is 1170. The van der Waals surface area contributed by atoms with Crippen LogP contribution in [0.15, 0.2) is 73.1 Å². The maximum atomic E-state index is 9.11. The first-order chi connectivity index (χ1) is 14.0.